The van der Waals surface area contributed by atoms with E-state index >= 15 is 0 Å². The summed E-state index contributed by atoms with van der Waals surface area (Å²) in [6, 6.07) is 10.2. The first-order chi connectivity index (χ1) is 13.0. The fourth-order valence-corrected chi connectivity index (χ4v) is 3.75. The van der Waals surface area contributed by atoms with Gasteiger partial charge in [-0.3, -0.25) is 4.79 Å². The van der Waals surface area contributed by atoms with Gasteiger partial charge in [0.25, 0.3) is 5.91 Å². The topological polar surface area (TPSA) is 51.0 Å². The van der Waals surface area contributed by atoms with Crippen LogP contribution in [0.5, 0.6) is 0 Å². The summed E-state index contributed by atoms with van der Waals surface area (Å²) in [5.74, 6) is 0.480. The standard InChI is InChI=1S/C21H23BrN4O/c1-13(2)26-20-17(11-23-26)16(10-19(24-20)14-8-9-14)21(27)25(3)12-15-6-4-5-7-18(15)22/h4-7,10-11,13-14H,8-9,12H2,1-3H3. The predicted octanol–water partition coefficient (Wildman–Crippen LogP) is 4.92. The lowest BCUT2D eigenvalue weighted by molar-refractivity contribution is 0.0786. The smallest absolute Gasteiger partial charge is 0.254 e. The van der Waals surface area contributed by atoms with Crippen molar-refractivity contribution in [1.29, 1.82) is 0 Å². The summed E-state index contributed by atoms with van der Waals surface area (Å²) in [6.45, 7) is 4.71. The number of pyridine rings is 1. The molecular formula is C21H23BrN4O. The van der Waals surface area contributed by atoms with Crippen LogP contribution in [-0.4, -0.2) is 32.6 Å². The molecule has 0 saturated heterocycles. The van der Waals surface area contributed by atoms with E-state index in [1.54, 1.807) is 11.1 Å². The molecule has 1 saturated carbocycles. The fourth-order valence-electron chi connectivity index (χ4n) is 3.34. The highest BCUT2D eigenvalue weighted by atomic mass is 79.9. The number of carbonyl (C=O) groups excluding carboxylic acids is 1. The predicted molar refractivity (Wildman–Crippen MR) is 110 cm³/mol. The number of amides is 1. The van der Waals surface area contributed by atoms with E-state index in [0.29, 0.717) is 18.0 Å². The minimum Gasteiger partial charge on any atom is -0.337 e. The highest BCUT2D eigenvalue weighted by Gasteiger charge is 2.29. The summed E-state index contributed by atoms with van der Waals surface area (Å²) in [5.41, 5.74) is 3.61. The van der Waals surface area contributed by atoms with Gasteiger partial charge in [-0.2, -0.15) is 5.10 Å². The zero-order valence-electron chi connectivity index (χ0n) is 15.8. The largest absolute Gasteiger partial charge is 0.337 e. The summed E-state index contributed by atoms with van der Waals surface area (Å²) in [4.78, 5) is 19.9. The quantitative estimate of drug-likeness (QED) is 0.581. The van der Waals surface area contributed by atoms with Crippen molar-refractivity contribution in [3.63, 3.8) is 0 Å². The van der Waals surface area contributed by atoms with Crippen LogP contribution in [0.4, 0.5) is 0 Å². The Labute approximate surface area is 167 Å². The molecule has 2 aromatic heterocycles. The molecule has 0 N–H and O–H groups in total. The van der Waals surface area contributed by atoms with Gasteiger partial charge >= 0.3 is 0 Å². The molecule has 1 amide bonds. The van der Waals surface area contributed by atoms with Gasteiger partial charge in [0.05, 0.1) is 17.1 Å². The Kier molecular flexibility index (Phi) is 4.76. The first kappa shape index (κ1) is 18.2. The van der Waals surface area contributed by atoms with Gasteiger partial charge in [-0.05, 0) is 44.4 Å². The van der Waals surface area contributed by atoms with E-state index in [9.17, 15) is 4.79 Å². The Morgan fingerprint density at radius 3 is 2.74 bits per heavy atom. The number of halogens is 1. The van der Waals surface area contributed by atoms with E-state index in [0.717, 1.165) is 39.6 Å². The summed E-state index contributed by atoms with van der Waals surface area (Å²) >= 11 is 3.57. The van der Waals surface area contributed by atoms with Crippen LogP contribution in [0.2, 0.25) is 0 Å². The average Bonchev–Trinajstić information content (AvgIpc) is 3.41. The van der Waals surface area contributed by atoms with Crippen molar-refractivity contribution >= 4 is 32.9 Å². The van der Waals surface area contributed by atoms with Gasteiger partial charge in [0.15, 0.2) is 5.65 Å². The lowest BCUT2D eigenvalue weighted by atomic mass is 10.1. The monoisotopic (exact) mass is 426 g/mol. The molecule has 0 unspecified atom stereocenters. The van der Waals surface area contributed by atoms with Gasteiger partial charge in [-0.25, -0.2) is 9.67 Å². The number of aromatic nitrogens is 3. The highest BCUT2D eigenvalue weighted by molar-refractivity contribution is 9.10. The maximum Gasteiger partial charge on any atom is 0.254 e. The second-order valence-corrected chi connectivity index (χ2v) is 8.40. The Morgan fingerprint density at radius 2 is 2.07 bits per heavy atom. The lowest BCUT2D eigenvalue weighted by Crippen LogP contribution is -2.26. The summed E-state index contributed by atoms with van der Waals surface area (Å²) in [6.07, 6.45) is 4.07. The van der Waals surface area contributed by atoms with Crippen molar-refractivity contribution in [1.82, 2.24) is 19.7 Å². The van der Waals surface area contributed by atoms with Gasteiger partial charge in [0, 0.05) is 35.7 Å². The van der Waals surface area contributed by atoms with Crippen LogP contribution in [0, 0.1) is 0 Å². The number of carbonyl (C=O) groups is 1. The summed E-state index contributed by atoms with van der Waals surface area (Å²) < 4.78 is 2.92. The van der Waals surface area contributed by atoms with E-state index in [4.69, 9.17) is 4.98 Å². The second kappa shape index (κ2) is 7.08. The van der Waals surface area contributed by atoms with E-state index in [-0.39, 0.29) is 11.9 Å². The first-order valence-electron chi connectivity index (χ1n) is 9.32. The number of rotatable bonds is 5. The van der Waals surface area contributed by atoms with E-state index in [1.165, 1.54) is 0 Å². The lowest BCUT2D eigenvalue weighted by Gasteiger charge is -2.19. The Hall–Kier alpha value is -2.21. The zero-order chi connectivity index (χ0) is 19.1. The number of hydrogen-bond acceptors (Lipinski definition) is 3. The van der Waals surface area contributed by atoms with Crippen LogP contribution < -0.4 is 0 Å². The third-order valence-corrected chi connectivity index (χ3v) is 5.79. The molecule has 0 spiro atoms. The van der Waals surface area contributed by atoms with Crippen molar-refractivity contribution in [2.24, 2.45) is 0 Å². The molecule has 2 heterocycles. The molecule has 1 aliphatic carbocycles. The number of nitrogens with zero attached hydrogens (tertiary/aromatic N) is 4. The van der Waals surface area contributed by atoms with Crippen LogP contribution in [0.3, 0.4) is 0 Å². The van der Waals surface area contributed by atoms with Crippen LogP contribution in [0.15, 0.2) is 41.0 Å². The molecule has 5 nitrogen and oxygen atoms in total. The third-order valence-electron chi connectivity index (χ3n) is 5.01. The van der Waals surface area contributed by atoms with Crippen molar-refractivity contribution in [3.8, 4) is 0 Å². The van der Waals surface area contributed by atoms with Crippen LogP contribution in [-0.2, 0) is 6.54 Å². The Morgan fingerprint density at radius 1 is 1.33 bits per heavy atom. The van der Waals surface area contributed by atoms with Crippen LogP contribution >= 0.6 is 15.9 Å². The maximum absolute atomic E-state index is 13.3. The van der Waals surface area contributed by atoms with Crippen LogP contribution in [0.25, 0.3) is 11.0 Å². The molecule has 0 aliphatic heterocycles. The zero-order valence-corrected chi connectivity index (χ0v) is 17.4. The van der Waals surface area contributed by atoms with E-state index in [2.05, 4.69) is 34.9 Å². The van der Waals surface area contributed by atoms with Crippen molar-refractivity contribution in [3.05, 3.63) is 57.8 Å². The number of benzene rings is 1. The van der Waals surface area contributed by atoms with Crippen LogP contribution in [0.1, 0.15) is 60.3 Å². The molecule has 3 aromatic rings. The molecular weight excluding hydrogens is 404 g/mol. The molecule has 140 valence electrons. The van der Waals surface area contributed by atoms with Gasteiger partial charge < -0.3 is 4.90 Å². The molecule has 4 rings (SSSR count). The minimum atomic E-state index is 0.00311. The molecule has 0 radical (unpaired) electrons. The van der Waals surface area contributed by atoms with Gasteiger partial charge in [-0.1, -0.05) is 34.1 Å². The maximum atomic E-state index is 13.3. The van der Waals surface area contributed by atoms with Crippen molar-refractivity contribution in [2.45, 2.75) is 45.2 Å². The Balaban J connectivity index is 1.73. The third kappa shape index (κ3) is 3.50. The van der Waals surface area contributed by atoms with E-state index < -0.39 is 0 Å². The van der Waals surface area contributed by atoms with Crippen molar-refractivity contribution in [2.75, 3.05) is 7.05 Å². The van der Waals surface area contributed by atoms with Crippen molar-refractivity contribution < 1.29 is 4.79 Å². The summed E-state index contributed by atoms with van der Waals surface area (Å²) in [5, 5.41) is 5.32. The SMILES string of the molecule is CC(C)n1ncc2c(C(=O)N(C)Cc3ccccc3Br)cc(C3CC3)nc21. The molecule has 0 atom stereocenters. The van der Waals surface area contributed by atoms with Gasteiger partial charge in [0.1, 0.15) is 0 Å². The Bertz CT molecular complexity index is 1010. The number of hydrogen-bond donors (Lipinski definition) is 0. The molecule has 6 heteroatoms. The minimum absolute atomic E-state index is 0.00311. The molecule has 1 fully saturated rings. The second-order valence-electron chi connectivity index (χ2n) is 7.54. The molecule has 0 bridgehead atoms. The first-order valence-corrected chi connectivity index (χ1v) is 10.1. The van der Waals surface area contributed by atoms with Gasteiger partial charge in [0.2, 0.25) is 0 Å². The van der Waals surface area contributed by atoms with Gasteiger partial charge in [-0.15, -0.1) is 0 Å². The summed E-state index contributed by atoms with van der Waals surface area (Å²) in [7, 11) is 1.84. The molecule has 1 aromatic carbocycles. The molecule has 27 heavy (non-hydrogen) atoms. The highest BCUT2D eigenvalue weighted by Crippen LogP contribution is 2.40. The normalized spacial score (nSPS) is 14.1. The average molecular weight is 427 g/mol. The van der Waals surface area contributed by atoms with E-state index in [1.807, 2.05) is 42.1 Å². The number of fused-ring (bicyclic) bond motifs is 1. The fraction of sp³-hybridized carbons (Fsp3) is 0.381. The molecule has 1 aliphatic rings.